The summed E-state index contributed by atoms with van der Waals surface area (Å²) in [5.41, 5.74) is 0.0987. The molecule has 2 rings (SSSR count). The minimum Gasteiger partial charge on any atom is -0.355 e. The molecule has 144 valence electrons. The lowest BCUT2D eigenvalue weighted by Crippen LogP contribution is -2.46. The van der Waals surface area contributed by atoms with Crippen molar-refractivity contribution in [2.45, 2.75) is 26.7 Å². The normalized spacial score (nSPS) is 16.0. The van der Waals surface area contributed by atoms with E-state index in [4.69, 9.17) is 0 Å². The summed E-state index contributed by atoms with van der Waals surface area (Å²) in [4.78, 5) is 28.6. The molecule has 1 aromatic carbocycles. The second-order valence-corrected chi connectivity index (χ2v) is 8.17. The molecular formula is C20H30FN3O2. The lowest BCUT2D eigenvalue weighted by atomic mass is 9.91. The Morgan fingerprint density at radius 1 is 1.23 bits per heavy atom. The van der Waals surface area contributed by atoms with Crippen LogP contribution in [0.4, 0.5) is 4.39 Å². The zero-order chi connectivity index (χ0) is 19.3. The Hall–Kier alpha value is -1.95. The molecule has 5 nitrogen and oxygen atoms in total. The molecule has 2 amide bonds. The number of carbonyl (C=O) groups is 2. The van der Waals surface area contributed by atoms with Crippen LogP contribution < -0.4 is 5.32 Å². The number of nitrogens with one attached hydrogen (secondary N) is 1. The van der Waals surface area contributed by atoms with E-state index < -0.39 is 5.82 Å². The van der Waals surface area contributed by atoms with Crippen molar-refractivity contribution in [2.75, 3.05) is 40.3 Å². The highest BCUT2D eigenvalue weighted by atomic mass is 19.1. The van der Waals surface area contributed by atoms with Gasteiger partial charge in [0, 0.05) is 32.1 Å². The average molecular weight is 363 g/mol. The number of nitrogens with zero attached hydrogens (tertiary/aromatic N) is 2. The van der Waals surface area contributed by atoms with Crippen LogP contribution in [0.25, 0.3) is 0 Å². The lowest BCUT2D eigenvalue weighted by molar-refractivity contribution is -0.126. The molecule has 1 fully saturated rings. The van der Waals surface area contributed by atoms with Crippen molar-refractivity contribution in [2.24, 2.45) is 11.3 Å². The minimum absolute atomic E-state index is 0.000659. The summed E-state index contributed by atoms with van der Waals surface area (Å²) in [5, 5.41) is 3.05. The number of amides is 2. The van der Waals surface area contributed by atoms with E-state index >= 15 is 0 Å². The molecular weight excluding hydrogens is 333 g/mol. The fraction of sp³-hybridized carbons (Fsp3) is 0.600. The van der Waals surface area contributed by atoms with E-state index in [-0.39, 0.29) is 28.7 Å². The number of hydrogen-bond donors (Lipinski definition) is 1. The van der Waals surface area contributed by atoms with E-state index in [9.17, 15) is 14.0 Å². The van der Waals surface area contributed by atoms with Crippen LogP contribution in [0, 0.1) is 17.2 Å². The van der Waals surface area contributed by atoms with Gasteiger partial charge in [-0.2, -0.15) is 0 Å². The topological polar surface area (TPSA) is 52.7 Å². The Bertz CT molecular complexity index is 638. The summed E-state index contributed by atoms with van der Waals surface area (Å²) in [7, 11) is 4.04. The molecule has 1 N–H and O–H groups in total. The highest BCUT2D eigenvalue weighted by Crippen LogP contribution is 2.21. The van der Waals surface area contributed by atoms with Gasteiger partial charge in [0.1, 0.15) is 5.82 Å². The molecule has 0 bridgehead atoms. The van der Waals surface area contributed by atoms with Crippen molar-refractivity contribution < 1.29 is 14.0 Å². The summed E-state index contributed by atoms with van der Waals surface area (Å²) in [6.07, 6.45) is 1.22. The first-order chi connectivity index (χ1) is 12.2. The number of carbonyl (C=O) groups excluding carboxylic acids is 2. The number of likely N-dealkylation sites (tertiary alicyclic amines) is 1. The fourth-order valence-corrected chi connectivity index (χ4v) is 3.53. The summed E-state index contributed by atoms with van der Waals surface area (Å²) in [5.74, 6) is -0.834. The molecule has 1 heterocycles. The smallest absolute Gasteiger partial charge is 0.256 e. The third-order valence-electron chi connectivity index (χ3n) is 4.74. The minimum atomic E-state index is -0.500. The van der Waals surface area contributed by atoms with Gasteiger partial charge >= 0.3 is 0 Å². The molecule has 6 heteroatoms. The Labute approximate surface area is 155 Å². The molecule has 0 aromatic heterocycles. The largest absolute Gasteiger partial charge is 0.355 e. The van der Waals surface area contributed by atoms with Gasteiger partial charge in [0.25, 0.3) is 5.91 Å². The highest BCUT2D eigenvalue weighted by molar-refractivity contribution is 5.94. The number of hydrogen-bond acceptors (Lipinski definition) is 3. The number of rotatable bonds is 6. The van der Waals surface area contributed by atoms with Crippen LogP contribution in [0.15, 0.2) is 24.3 Å². The first kappa shape index (κ1) is 20.4. The molecule has 0 unspecified atom stereocenters. The van der Waals surface area contributed by atoms with E-state index in [2.05, 4.69) is 24.1 Å². The van der Waals surface area contributed by atoms with E-state index in [1.165, 1.54) is 12.1 Å². The second kappa shape index (κ2) is 8.62. The summed E-state index contributed by atoms with van der Waals surface area (Å²) >= 11 is 0. The lowest BCUT2D eigenvalue weighted by Gasteiger charge is -2.33. The average Bonchev–Trinajstić information content (AvgIpc) is 2.58. The van der Waals surface area contributed by atoms with Gasteiger partial charge in [0.15, 0.2) is 0 Å². The number of piperidine rings is 1. The van der Waals surface area contributed by atoms with Gasteiger partial charge in [-0.3, -0.25) is 9.59 Å². The highest BCUT2D eigenvalue weighted by Gasteiger charge is 2.29. The van der Waals surface area contributed by atoms with E-state index in [0.29, 0.717) is 32.5 Å². The van der Waals surface area contributed by atoms with Gasteiger partial charge in [-0.1, -0.05) is 26.0 Å². The predicted molar refractivity (Wildman–Crippen MR) is 100 cm³/mol. The Balaban J connectivity index is 1.83. The van der Waals surface area contributed by atoms with Crippen molar-refractivity contribution in [3.63, 3.8) is 0 Å². The summed E-state index contributed by atoms with van der Waals surface area (Å²) in [6.45, 7) is 6.73. The second-order valence-electron chi connectivity index (χ2n) is 8.17. The molecule has 26 heavy (non-hydrogen) atoms. The van der Waals surface area contributed by atoms with Crippen LogP contribution in [-0.4, -0.2) is 61.9 Å². The van der Waals surface area contributed by atoms with Crippen molar-refractivity contribution in [1.29, 1.82) is 0 Å². The zero-order valence-corrected chi connectivity index (χ0v) is 16.2. The van der Waals surface area contributed by atoms with Crippen LogP contribution in [0.5, 0.6) is 0 Å². The number of halogens is 1. The first-order valence-electron chi connectivity index (χ1n) is 9.16. The summed E-state index contributed by atoms with van der Waals surface area (Å²) in [6, 6.07) is 6.03. The van der Waals surface area contributed by atoms with E-state index in [0.717, 1.165) is 6.54 Å². The monoisotopic (exact) mass is 363 g/mol. The van der Waals surface area contributed by atoms with Gasteiger partial charge in [0.2, 0.25) is 5.91 Å². The molecule has 0 saturated carbocycles. The molecule has 1 aromatic rings. The maximum atomic E-state index is 13.8. The molecule has 0 radical (unpaired) electrons. The van der Waals surface area contributed by atoms with Crippen LogP contribution in [0.3, 0.4) is 0 Å². The molecule has 0 spiro atoms. The Morgan fingerprint density at radius 2 is 1.85 bits per heavy atom. The molecule has 0 atom stereocenters. The SMILES string of the molecule is CN(C)CC(C)(C)CNC(=O)C1CCN(C(=O)c2ccccc2F)CC1. The maximum Gasteiger partial charge on any atom is 0.256 e. The van der Waals surface area contributed by atoms with Gasteiger partial charge in [-0.25, -0.2) is 4.39 Å². The van der Waals surface area contributed by atoms with Crippen molar-refractivity contribution in [1.82, 2.24) is 15.1 Å². The summed E-state index contributed by atoms with van der Waals surface area (Å²) < 4.78 is 13.8. The van der Waals surface area contributed by atoms with Gasteiger partial charge in [0.05, 0.1) is 5.56 Å². The van der Waals surface area contributed by atoms with Crippen LogP contribution >= 0.6 is 0 Å². The first-order valence-corrected chi connectivity index (χ1v) is 9.16. The van der Waals surface area contributed by atoms with Crippen LogP contribution in [-0.2, 0) is 4.79 Å². The van der Waals surface area contributed by atoms with Crippen LogP contribution in [0.2, 0.25) is 0 Å². The molecule has 1 saturated heterocycles. The molecule has 1 aliphatic rings. The van der Waals surface area contributed by atoms with Crippen molar-refractivity contribution in [3.8, 4) is 0 Å². The van der Waals surface area contributed by atoms with Gasteiger partial charge in [-0.05, 0) is 44.5 Å². The van der Waals surface area contributed by atoms with Crippen molar-refractivity contribution in [3.05, 3.63) is 35.6 Å². The standard InChI is InChI=1S/C20H30FN3O2/c1-20(2,14-23(3)4)13-22-18(25)15-9-11-24(12-10-15)19(26)16-7-5-6-8-17(16)21/h5-8,15H,9-14H2,1-4H3,(H,22,25). The fourth-order valence-electron chi connectivity index (χ4n) is 3.53. The third-order valence-corrected chi connectivity index (χ3v) is 4.74. The molecule has 0 aliphatic carbocycles. The third kappa shape index (κ3) is 5.53. The van der Waals surface area contributed by atoms with Crippen molar-refractivity contribution >= 4 is 11.8 Å². The Kier molecular flexibility index (Phi) is 6.75. The predicted octanol–water partition coefficient (Wildman–Crippen LogP) is 2.38. The maximum absolute atomic E-state index is 13.8. The quantitative estimate of drug-likeness (QED) is 0.844. The van der Waals surface area contributed by atoms with Gasteiger partial charge in [-0.15, -0.1) is 0 Å². The number of benzene rings is 1. The molecule has 1 aliphatic heterocycles. The van der Waals surface area contributed by atoms with E-state index in [1.54, 1.807) is 17.0 Å². The van der Waals surface area contributed by atoms with Crippen LogP contribution in [0.1, 0.15) is 37.0 Å². The van der Waals surface area contributed by atoms with Gasteiger partial charge < -0.3 is 15.1 Å². The van der Waals surface area contributed by atoms with E-state index in [1.807, 2.05) is 14.1 Å². The zero-order valence-electron chi connectivity index (χ0n) is 16.2. The Morgan fingerprint density at radius 3 is 2.42 bits per heavy atom.